The first-order valence-corrected chi connectivity index (χ1v) is 8.22. The standard InChI is InChI=1S/C19H22N2O4/c1-24-16-4-2-3-14(11-16)13-20-15-5-6-18(17(12-15)19(22)23)21-7-9-25-10-8-21/h2-6,11-12,20H,7-10,13H2,1H3,(H,22,23)/p-1. The topological polar surface area (TPSA) is 73.9 Å². The predicted octanol–water partition coefficient (Wildman–Crippen LogP) is 1.51. The van der Waals surface area contributed by atoms with Crippen LogP contribution in [0, 0.1) is 0 Å². The third-order valence-electron chi connectivity index (χ3n) is 4.20. The van der Waals surface area contributed by atoms with Crippen LogP contribution in [0.2, 0.25) is 0 Å². The summed E-state index contributed by atoms with van der Waals surface area (Å²) in [6.07, 6.45) is 0. The normalized spacial score (nSPS) is 14.2. The summed E-state index contributed by atoms with van der Waals surface area (Å²) in [5, 5.41) is 14.8. The summed E-state index contributed by atoms with van der Waals surface area (Å²) < 4.78 is 10.5. The Morgan fingerprint density at radius 3 is 2.76 bits per heavy atom. The number of nitrogens with zero attached hydrogens (tertiary/aromatic N) is 1. The first-order valence-electron chi connectivity index (χ1n) is 8.22. The van der Waals surface area contributed by atoms with Gasteiger partial charge in [0.2, 0.25) is 0 Å². The third kappa shape index (κ3) is 4.22. The van der Waals surface area contributed by atoms with Gasteiger partial charge >= 0.3 is 0 Å². The monoisotopic (exact) mass is 341 g/mol. The van der Waals surface area contributed by atoms with Crippen molar-refractivity contribution in [2.24, 2.45) is 0 Å². The van der Waals surface area contributed by atoms with E-state index in [2.05, 4.69) is 5.32 Å². The Labute approximate surface area is 147 Å². The second-order valence-corrected chi connectivity index (χ2v) is 5.82. The van der Waals surface area contributed by atoms with Crippen molar-refractivity contribution in [3.05, 3.63) is 53.6 Å². The maximum atomic E-state index is 11.6. The summed E-state index contributed by atoms with van der Waals surface area (Å²) in [6, 6.07) is 13.1. The highest BCUT2D eigenvalue weighted by molar-refractivity contribution is 5.94. The third-order valence-corrected chi connectivity index (χ3v) is 4.20. The molecule has 0 spiro atoms. The van der Waals surface area contributed by atoms with Crippen LogP contribution >= 0.6 is 0 Å². The highest BCUT2D eigenvalue weighted by atomic mass is 16.5. The Morgan fingerprint density at radius 1 is 1.24 bits per heavy atom. The number of carboxylic acids is 1. The molecule has 132 valence electrons. The number of ether oxygens (including phenoxy) is 2. The van der Waals surface area contributed by atoms with Crippen LogP contribution in [0.3, 0.4) is 0 Å². The zero-order valence-corrected chi connectivity index (χ0v) is 14.2. The lowest BCUT2D eigenvalue weighted by Crippen LogP contribution is -2.38. The van der Waals surface area contributed by atoms with Gasteiger partial charge in [-0.25, -0.2) is 0 Å². The molecule has 3 rings (SSSR count). The molecule has 0 aliphatic carbocycles. The molecule has 1 fully saturated rings. The van der Waals surface area contributed by atoms with E-state index in [1.807, 2.05) is 41.3 Å². The van der Waals surface area contributed by atoms with Crippen molar-refractivity contribution < 1.29 is 19.4 Å². The zero-order chi connectivity index (χ0) is 17.6. The van der Waals surface area contributed by atoms with Gasteiger partial charge in [0.25, 0.3) is 0 Å². The smallest absolute Gasteiger partial charge is 0.119 e. The molecule has 1 saturated heterocycles. The van der Waals surface area contributed by atoms with Gasteiger partial charge in [-0.05, 0) is 35.9 Å². The van der Waals surface area contributed by atoms with Crippen molar-refractivity contribution in [1.82, 2.24) is 0 Å². The van der Waals surface area contributed by atoms with E-state index in [1.54, 1.807) is 13.2 Å². The number of benzene rings is 2. The van der Waals surface area contributed by atoms with E-state index in [1.165, 1.54) is 0 Å². The van der Waals surface area contributed by atoms with E-state index < -0.39 is 5.97 Å². The molecule has 0 saturated carbocycles. The second-order valence-electron chi connectivity index (χ2n) is 5.82. The van der Waals surface area contributed by atoms with Crippen LogP contribution in [0.4, 0.5) is 11.4 Å². The molecular formula is C19H21N2O4-. The number of methoxy groups -OCH3 is 1. The van der Waals surface area contributed by atoms with Gasteiger partial charge in [-0.1, -0.05) is 12.1 Å². The van der Waals surface area contributed by atoms with Crippen molar-refractivity contribution >= 4 is 17.3 Å². The summed E-state index contributed by atoms with van der Waals surface area (Å²) in [7, 11) is 1.63. The lowest BCUT2D eigenvalue weighted by Gasteiger charge is -2.31. The molecule has 1 aliphatic rings. The van der Waals surface area contributed by atoms with Gasteiger partial charge in [-0.3, -0.25) is 0 Å². The largest absolute Gasteiger partial charge is 0.545 e. The predicted molar refractivity (Wildman–Crippen MR) is 94.1 cm³/mol. The van der Waals surface area contributed by atoms with E-state index in [0.717, 1.165) is 17.0 Å². The van der Waals surface area contributed by atoms with Crippen LogP contribution in [-0.4, -0.2) is 39.4 Å². The second kappa shape index (κ2) is 7.90. The molecule has 25 heavy (non-hydrogen) atoms. The Kier molecular flexibility index (Phi) is 5.40. The molecule has 0 aromatic heterocycles. The van der Waals surface area contributed by atoms with Gasteiger partial charge in [0.05, 0.1) is 26.3 Å². The maximum Gasteiger partial charge on any atom is 0.119 e. The molecule has 0 atom stereocenters. The SMILES string of the molecule is COc1cccc(CNc2ccc(N3CCOCC3)c(C(=O)[O-])c2)c1. The lowest BCUT2D eigenvalue weighted by molar-refractivity contribution is -0.254. The average Bonchev–Trinajstić information content (AvgIpc) is 2.67. The summed E-state index contributed by atoms with van der Waals surface area (Å²) in [5.74, 6) is -0.385. The fourth-order valence-corrected chi connectivity index (χ4v) is 2.88. The fourth-order valence-electron chi connectivity index (χ4n) is 2.88. The van der Waals surface area contributed by atoms with Crippen LogP contribution < -0.4 is 20.1 Å². The molecule has 0 bridgehead atoms. The van der Waals surface area contributed by atoms with E-state index in [9.17, 15) is 9.90 Å². The number of carboxylic acid groups (broad SMARTS) is 1. The number of nitrogens with one attached hydrogen (secondary N) is 1. The van der Waals surface area contributed by atoms with Crippen molar-refractivity contribution in [3.8, 4) is 5.75 Å². The average molecular weight is 341 g/mol. The minimum atomic E-state index is -1.17. The highest BCUT2D eigenvalue weighted by Crippen LogP contribution is 2.25. The summed E-state index contributed by atoms with van der Waals surface area (Å²) in [5.41, 5.74) is 2.65. The fraction of sp³-hybridized carbons (Fsp3) is 0.316. The lowest BCUT2D eigenvalue weighted by atomic mass is 10.1. The minimum Gasteiger partial charge on any atom is -0.545 e. The maximum absolute atomic E-state index is 11.6. The van der Waals surface area contributed by atoms with E-state index in [-0.39, 0.29) is 5.56 Å². The number of rotatable bonds is 6. The van der Waals surface area contributed by atoms with Gasteiger partial charge < -0.3 is 29.6 Å². The Hall–Kier alpha value is -2.73. The molecule has 2 aromatic rings. The number of hydrogen-bond acceptors (Lipinski definition) is 6. The molecule has 0 radical (unpaired) electrons. The van der Waals surface area contributed by atoms with Gasteiger partial charge in [0.15, 0.2) is 0 Å². The Balaban J connectivity index is 1.75. The van der Waals surface area contributed by atoms with Crippen molar-refractivity contribution in [2.45, 2.75) is 6.54 Å². The van der Waals surface area contributed by atoms with Crippen LogP contribution in [0.1, 0.15) is 15.9 Å². The molecule has 1 aliphatic heterocycles. The number of aromatic carboxylic acids is 1. The number of morpholine rings is 1. The van der Waals surface area contributed by atoms with Gasteiger partial charge in [0, 0.05) is 36.6 Å². The first-order chi connectivity index (χ1) is 12.2. The Bertz CT molecular complexity index is 742. The quantitative estimate of drug-likeness (QED) is 0.858. The van der Waals surface area contributed by atoms with Crippen LogP contribution in [-0.2, 0) is 11.3 Å². The zero-order valence-electron chi connectivity index (χ0n) is 14.2. The number of anilines is 2. The van der Waals surface area contributed by atoms with Crippen LogP contribution in [0.25, 0.3) is 0 Å². The van der Waals surface area contributed by atoms with Gasteiger partial charge in [-0.2, -0.15) is 0 Å². The number of carbonyl (C=O) groups is 1. The number of carbonyl (C=O) groups excluding carboxylic acids is 1. The van der Waals surface area contributed by atoms with Crippen molar-refractivity contribution in [3.63, 3.8) is 0 Å². The van der Waals surface area contributed by atoms with Crippen molar-refractivity contribution in [2.75, 3.05) is 43.6 Å². The molecule has 0 amide bonds. The summed E-state index contributed by atoms with van der Waals surface area (Å²) in [6.45, 7) is 3.12. The highest BCUT2D eigenvalue weighted by Gasteiger charge is 2.15. The molecular weight excluding hydrogens is 320 g/mol. The van der Waals surface area contributed by atoms with Crippen LogP contribution in [0.5, 0.6) is 5.75 Å². The van der Waals surface area contributed by atoms with E-state index in [0.29, 0.717) is 38.5 Å². The molecule has 6 heteroatoms. The first kappa shape index (κ1) is 17.1. The van der Waals surface area contributed by atoms with Crippen LogP contribution in [0.15, 0.2) is 42.5 Å². The molecule has 1 N–H and O–H groups in total. The van der Waals surface area contributed by atoms with E-state index in [4.69, 9.17) is 9.47 Å². The molecule has 0 unspecified atom stereocenters. The van der Waals surface area contributed by atoms with E-state index >= 15 is 0 Å². The summed E-state index contributed by atoms with van der Waals surface area (Å²) in [4.78, 5) is 13.6. The van der Waals surface area contributed by atoms with Crippen molar-refractivity contribution in [1.29, 1.82) is 0 Å². The van der Waals surface area contributed by atoms with Gasteiger partial charge in [0.1, 0.15) is 5.75 Å². The minimum absolute atomic E-state index is 0.192. The summed E-state index contributed by atoms with van der Waals surface area (Å²) >= 11 is 0. The number of hydrogen-bond donors (Lipinski definition) is 1. The molecule has 2 aromatic carbocycles. The van der Waals surface area contributed by atoms with Gasteiger partial charge in [-0.15, -0.1) is 0 Å². The molecule has 6 nitrogen and oxygen atoms in total. The molecule has 1 heterocycles. The Morgan fingerprint density at radius 2 is 2.04 bits per heavy atom.